The van der Waals surface area contributed by atoms with Crippen LogP contribution in [0.25, 0.3) is 0 Å². The Hall–Kier alpha value is -3.40. The number of nitro benzene ring substituents is 1. The van der Waals surface area contributed by atoms with Crippen LogP contribution in [0, 0.1) is 16.0 Å². The van der Waals surface area contributed by atoms with Gasteiger partial charge < -0.3 is 24.6 Å². The van der Waals surface area contributed by atoms with Crippen LogP contribution in [0.2, 0.25) is 0 Å². The lowest BCUT2D eigenvalue weighted by atomic mass is 9.71. The number of phenols is 1. The van der Waals surface area contributed by atoms with E-state index in [-0.39, 0.29) is 30.9 Å². The molecule has 0 amide bonds. The zero-order chi connectivity index (χ0) is 24.4. The SMILES string of the molecule is C=C1NC2=C(C(=O)CCC2)C(c2cc(OCC)c(O)c([N+](=O)[O-])c2)C1C(=O)OCC1CCCO1. The highest BCUT2D eigenvalue weighted by molar-refractivity contribution is 6.00. The molecule has 0 saturated carbocycles. The first-order chi connectivity index (χ1) is 16.3. The maximum Gasteiger partial charge on any atom is 0.315 e. The maximum absolute atomic E-state index is 13.3. The summed E-state index contributed by atoms with van der Waals surface area (Å²) in [6, 6.07) is 2.63. The molecule has 3 unspecified atom stereocenters. The van der Waals surface area contributed by atoms with Gasteiger partial charge in [0, 0.05) is 42.0 Å². The van der Waals surface area contributed by atoms with E-state index in [0.29, 0.717) is 48.4 Å². The molecule has 10 nitrogen and oxygen atoms in total. The largest absolute Gasteiger partial charge is 0.500 e. The van der Waals surface area contributed by atoms with E-state index >= 15 is 0 Å². The van der Waals surface area contributed by atoms with Crippen molar-refractivity contribution < 1.29 is 33.8 Å². The van der Waals surface area contributed by atoms with Crippen molar-refractivity contribution in [3.05, 3.63) is 51.4 Å². The van der Waals surface area contributed by atoms with Crippen LogP contribution in [0.3, 0.4) is 0 Å². The van der Waals surface area contributed by atoms with Gasteiger partial charge in [0.1, 0.15) is 12.5 Å². The third kappa shape index (κ3) is 4.50. The van der Waals surface area contributed by atoms with Crippen LogP contribution in [-0.4, -0.2) is 47.7 Å². The molecule has 1 saturated heterocycles. The summed E-state index contributed by atoms with van der Waals surface area (Å²) in [5.41, 5.74) is 1.13. The van der Waals surface area contributed by atoms with Crippen molar-refractivity contribution in [2.75, 3.05) is 19.8 Å². The summed E-state index contributed by atoms with van der Waals surface area (Å²) in [6.45, 7) is 6.55. The highest BCUT2D eigenvalue weighted by atomic mass is 16.6. The smallest absolute Gasteiger partial charge is 0.315 e. The van der Waals surface area contributed by atoms with Gasteiger partial charge in [-0.3, -0.25) is 19.7 Å². The third-order valence-electron chi connectivity index (χ3n) is 6.41. The number of nitrogens with zero attached hydrogens (tertiary/aromatic N) is 1. The number of phenolic OH excluding ortho intramolecular Hbond substituents is 1. The average molecular weight is 472 g/mol. The lowest BCUT2D eigenvalue weighted by Gasteiger charge is -2.38. The van der Waals surface area contributed by atoms with Gasteiger partial charge >= 0.3 is 11.7 Å². The number of ether oxygens (including phenoxy) is 3. The van der Waals surface area contributed by atoms with Crippen LogP contribution in [0.15, 0.2) is 35.7 Å². The number of nitro groups is 1. The molecule has 0 spiro atoms. The molecule has 3 atom stereocenters. The molecule has 2 N–H and O–H groups in total. The number of rotatable bonds is 7. The molecule has 1 fully saturated rings. The number of allylic oxidation sites excluding steroid dienone is 2. The molecule has 1 aromatic carbocycles. The van der Waals surface area contributed by atoms with Crippen molar-refractivity contribution >= 4 is 17.4 Å². The van der Waals surface area contributed by atoms with Gasteiger partial charge in [-0.25, -0.2) is 0 Å². The number of hydrogen-bond donors (Lipinski definition) is 2. The Labute approximate surface area is 196 Å². The van der Waals surface area contributed by atoms with Crippen LogP contribution >= 0.6 is 0 Å². The molecule has 0 radical (unpaired) electrons. The quantitative estimate of drug-likeness (QED) is 0.348. The second-order valence-corrected chi connectivity index (χ2v) is 8.62. The first kappa shape index (κ1) is 23.7. The second kappa shape index (κ2) is 9.84. The summed E-state index contributed by atoms with van der Waals surface area (Å²) in [7, 11) is 0. The average Bonchev–Trinajstić information content (AvgIpc) is 3.32. The number of carbonyl (C=O) groups excluding carboxylic acids is 2. The number of Topliss-reactive ketones (excluding diaryl/α,β-unsaturated/α-hetero) is 1. The molecule has 4 rings (SSSR count). The van der Waals surface area contributed by atoms with Crippen LogP contribution < -0.4 is 10.1 Å². The lowest BCUT2D eigenvalue weighted by molar-refractivity contribution is -0.386. The molecular formula is C24H28N2O8. The van der Waals surface area contributed by atoms with Gasteiger partial charge in [0.15, 0.2) is 11.5 Å². The molecule has 3 aliphatic rings. The van der Waals surface area contributed by atoms with Gasteiger partial charge in [-0.05, 0) is 44.2 Å². The number of ketones is 1. The normalized spacial score (nSPS) is 24.4. The number of aromatic hydroxyl groups is 1. The van der Waals surface area contributed by atoms with Crippen LogP contribution in [0.4, 0.5) is 5.69 Å². The van der Waals surface area contributed by atoms with Crippen molar-refractivity contribution in [3.8, 4) is 11.5 Å². The van der Waals surface area contributed by atoms with Gasteiger partial charge in [0.25, 0.3) is 0 Å². The van der Waals surface area contributed by atoms with Gasteiger partial charge in [-0.1, -0.05) is 6.58 Å². The predicted octanol–water partition coefficient (Wildman–Crippen LogP) is 3.25. The number of carbonyl (C=O) groups is 2. The first-order valence-electron chi connectivity index (χ1n) is 11.5. The summed E-state index contributed by atoms with van der Waals surface area (Å²) in [5.74, 6) is -3.31. The summed E-state index contributed by atoms with van der Waals surface area (Å²) in [6.07, 6.45) is 3.05. The minimum atomic E-state index is -0.999. The predicted molar refractivity (Wildman–Crippen MR) is 120 cm³/mol. The van der Waals surface area contributed by atoms with Crippen molar-refractivity contribution in [2.45, 2.75) is 51.0 Å². The van der Waals surface area contributed by atoms with E-state index in [2.05, 4.69) is 11.9 Å². The lowest BCUT2D eigenvalue weighted by Crippen LogP contribution is -2.41. The van der Waals surface area contributed by atoms with Gasteiger partial charge in [-0.2, -0.15) is 0 Å². The zero-order valence-electron chi connectivity index (χ0n) is 19.0. The Morgan fingerprint density at radius 1 is 1.35 bits per heavy atom. The van der Waals surface area contributed by atoms with Crippen LogP contribution in [0.1, 0.15) is 50.5 Å². The highest BCUT2D eigenvalue weighted by Gasteiger charge is 2.45. The molecule has 0 bridgehead atoms. The van der Waals surface area contributed by atoms with E-state index in [1.165, 1.54) is 12.1 Å². The minimum Gasteiger partial charge on any atom is -0.500 e. The molecule has 10 heteroatoms. The van der Waals surface area contributed by atoms with E-state index < -0.39 is 34.2 Å². The Kier molecular flexibility index (Phi) is 6.87. The van der Waals surface area contributed by atoms with Gasteiger partial charge in [-0.15, -0.1) is 0 Å². The highest BCUT2D eigenvalue weighted by Crippen LogP contribution is 2.48. The summed E-state index contributed by atoms with van der Waals surface area (Å²) < 4.78 is 16.5. The number of esters is 1. The molecule has 1 aromatic rings. The monoisotopic (exact) mass is 472 g/mol. The van der Waals surface area contributed by atoms with Gasteiger partial charge in [0.2, 0.25) is 5.75 Å². The number of benzene rings is 1. The summed E-state index contributed by atoms with van der Waals surface area (Å²) >= 11 is 0. The fourth-order valence-corrected chi connectivity index (χ4v) is 4.87. The standard InChI is InChI=1S/C24H28N2O8/c1-3-32-19-11-14(10-17(23(19)28)26(30)31)21-20(24(29)34-12-15-6-5-9-33-15)13(2)25-16-7-4-8-18(27)22(16)21/h10-11,15,20-21,25,28H,2-9,12H2,1H3. The van der Waals surface area contributed by atoms with E-state index in [1.807, 2.05) is 0 Å². The van der Waals surface area contributed by atoms with Crippen molar-refractivity contribution in [3.63, 3.8) is 0 Å². The summed E-state index contributed by atoms with van der Waals surface area (Å²) in [5, 5.41) is 25.1. The number of nitrogens with one attached hydrogen (secondary N) is 1. The first-order valence-corrected chi connectivity index (χ1v) is 11.5. The van der Waals surface area contributed by atoms with E-state index in [0.717, 1.165) is 12.8 Å². The van der Waals surface area contributed by atoms with Gasteiger partial charge in [0.05, 0.1) is 17.6 Å². The minimum absolute atomic E-state index is 0.0785. The molecule has 2 aliphatic heterocycles. The molecule has 182 valence electrons. The van der Waals surface area contributed by atoms with Crippen molar-refractivity contribution in [2.24, 2.45) is 5.92 Å². The van der Waals surface area contributed by atoms with E-state index in [9.17, 15) is 24.8 Å². The molecule has 2 heterocycles. The third-order valence-corrected chi connectivity index (χ3v) is 6.41. The van der Waals surface area contributed by atoms with E-state index in [1.54, 1.807) is 6.92 Å². The Morgan fingerprint density at radius 3 is 2.82 bits per heavy atom. The van der Waals surface area contributed by atoms with Crippen LogP contribution in [-0.2, 0) is 19.1 Å². The Bertz CT molecular complexity index is 1060. The van der Waals surface area contributed by atoms with Crippen LogP contribution in [0.5, 0.6) is 11.5 Å². The number of hydrogen-bond acceptors (Lipinski definition) is 9. The fourth-order valence-electron chi connectivity index (χ4n) is 4.87. The molecule has 1 aliphatic carbocycles. The summed E-state index contributed by atoms with van der Waals surface area (Å²) in [4.78, 5) is 37.3. The Balaban J connectivity index is 1.80. The topological polar surface area (TPSA) is 137 Å². The fraction of sp³-hybridized carbons (Fsp3) is 0.500. The molecule has 34 heavy (non-hydrogen) atoms. The zero-order valence-corrected chi connectivity index (χ0v) is 19.0. The maximum atomic E-state index is 13.3. The Morgan fingerprint density at radius 2 is 2.15 bits per heavy atom. The van der Waals surface area contributed by atoms with Crippen molar-refractivity contribution in [1.82, 2.24) is 5.32 Å². The van der Waals surface area contributed by atoms with E-state index in [4.69, 9.17) is 14.2 Å². The van der Waals surface area contributed by atoms with Crippen molar-refractivity contribution in [1.29, 1.82) is 0 Å². The molecular weight excluding hydrogens is 444 g/mol. The molecule has 0 aromatic heterocycles. The second-order valence-electron chi connectivity index (χ2n) is 8.62.